The predicted octanol–water partition coefficient (Wildman–Crippen LogP) is 4.93. The second-order valence-electron chi connectivity index (χ2n) is 7.28. The van der Waals surface area contributed by atoms with Gasteiger partial charge in [0.15, 0.2) is 0 Å². The number of Topliss-reactive ketones (excluding diaryl/α,β-unsaturated/α-hetero) is 1. The van der Waals surface area contributed by atoms with Gasteiger partial charge >= 0.3 is 0 Å². The molecule has 144 valence electrons. The van der Waals surface area contributed by atoms with E-state index in [-0.39, 0.29) is 11.3 Å². The van der Waals surface area contributed by atoms with Crippen molar-refractivity contribution in [1.29, 1.82) is 0 Å². The zero-order chi connectivity index (χ0) is 20.5. The van der Waals surface area contributed by atoms with E-state index in [2.05, 4.69) is 0 Å². The van der Waals surface area contributed by atoms with Gasteiger partial charge in [0.25, 0.3) is 11.7 Å². The van der Waals surface area contributed by atoms with E-state index in [0.29, 0.717) is 11.3 Å². The van der Waals surface area contributed by atoms with Crippen LogP contribution < -0.4 is 4.90 Å². The van der Waals surface area contributed by atoms with Crippen LogP contribution in [0, 0.1) is 13.8 Å². The summed E-state index contributed by atoms with van der Waals surface area (Å²) in [4.78, 5) is 27.5. The van der Waals surface area contributed by atoms with Crippen LogP contribution >= 0.6 is 0 Å². The molecule has 3 aromatic carbocycles. The fourth-order valence-corrected chi connectivity index (χ4v) is 3.62. The Hall–Kier alpha value is -3.66. The first kappa shape index (κ1) is 18.7. The molecule has 0 radical (unpaired) electrons. The standard InChI is InChI=1S/C25H21NO3/c1-16-8-12-18(13-9-16)22-21(23(27)19-14-10-17(2)11-15-19)24(28)25(29)26(22)20-6-4-3-5-7-20/h3-15,22,27H,1-2H3/b23-21-. The first-order valence-corrected chi connectivity index (χ1v) is 9.47. The van der Waals surface area contributed by atoms with Crippen LogP contribution in [0.15, 0.2) is 84.4 Å². The van der Waals surface area contributed by atoms with Crippen molar-refractivity contribution < 1.29 is 14.7 Å². The molecule has 1 fully saturated rings. The molecule has 4 rings (SSSR count). The lowest BCUT2D eigenvalue weighted by molar-refractivity contribution is -0.132. The van der Waals surface area contributed by atoms with Crippen molar-refractivity contribution in [2.75, 3.05) is 4.90 Å². The first-order chi connectivity index (χ1) is 14.0. The van der Waals surface area contributed by atoms with Crippen molar-refractivity contribution in [2.45, 2.75) is 19.9 Å². The molecular formula is C25H21NO3. The minimum Gasteiger partial charge on any atom is -0.507 e. The average Bonchev–Trinajstić information content (AvgIpc) is 3.00. The van der Waals surface area contributed by atoms with E-state index in [9.17, 15) is 14.7 Å². The van der Waals surface area contributed by atoms with Gasteiger partial charge in [0.2, 0.25) is 0 Å². The number of carbonyl (C=O) groups is 2. The molecule has 1 aliphatic heterocycles. The van der Waals surface area contributed by atoms with E-state index in [1.54, 1.807) is 24.3 Å². The maximum atomic E-state index is 13.0. The molecule has 1 saturated heterocycles. The summed E-state index contributed by atoms with van der Waals surface area (Å²) in [6.45, 7) is 3.93. The number of carbonyl (C=O) groups excluding carboxylic acids is 2. The second kappa shape index (κ2) is 7.40. The molecule has 3 aromatic rings. The van der Waals surface area contributed by atoms with Gasteiger partial charge in [-0.1, -0.05) is 77.9 Å². The van der Waals surface area contributed by atoms with Crippen LogP contribution in [0.2, 0.25) is 0 Å². The van der Waals surface area contributed by atoms with Crippen molar-refractivity contribution in [2.24, 2.45) is 0 Å². The van der Waals surface area contributed by atoms with Gasteiger partial charge in [-0.3, -0.25) is 14.5 Å². The summed E-state index contributed by atoms with van der Waals surface area (Å²) in [7, 11) is 0. The van der Waals surface area contributed by atoms with Crippen LogP contribution in [0.3, 0.4) is 0 Å². The number of hydrogen-bond donors (Lipinski definition) is 1. The van der Waals surface area contributed by atoms with Crippen LogP contribution in [0.25, 0.3) is 5.76 Å². The zero-order valence-electron chi connectivity index (χ0n) is 16.3. The Morgan fingerprint density at radius 3 is 1.93 bits per heavy atom. The SMILES string of the molecule is Cc1ccc(/C(O)=C2/C(=O)C(=O)N(c3ccccc3)C2c2ccc(C)cc2)cc1. The number of benzene rings is 3. The number of aryl methyl sites for hydroxylation is 2. The summed E-state index contributed by atoms with van der Waals surface area (Å²) in [6.07, 6.45) is 0. The van der Waals surface area contributed by atoms with Crippen LogP contribution in [0.5, 0.6) is 0 Å². The number of amides is 1. The molecule has 0 aliphatic carbocycles. The third-order valence-corrected chi connectivity index (χ3v) is 5.20. The molecule has 1 atom stereocenters. The summed E-state index contributed by atoms with van der Waals surface area (Å²) in [5.41, 5.74) is 4.12. The highest BCUT2D eigenvalue weighted by Gasteiger charge is 2.46. The smallest absolute Gasteiger partial charge is 0.300 e. The molecular weight excluding hydrogens is 362 g/mol. The number of rotatable bonds is 3. The first-order valence-electron chi connectivity index (χ1n) is 9.47. The topological polar surface area (TPSA) is 57.6 Å². The number of hydrogen-bond acceptors (Lipinski definition) is 3. The third-order valence-electron chi connectivity index (χ3n) is 5.20. The van der Waals surface area contributed by atoms with Gasteiger partial charge in [-0.25, -0.2) is 0 Å². The largest absolute Gasteiger partial charge is 0.507 e. The quantitative estimate of drug-likeness (QED) is 0.396. The van der Waals surface area contributed by atoms with Crippen molar-refractivity contribution in [3.8, 4) is 0 Å². The van der Waals surface area contributed by atoms with E-state index in [0.717, 1.165) is 16.7 Å². The van der Waals surface area contributed by atoms with Gasteiger partial charge in [-0.2, -0.15) is 0 Å². The number of aliphatic hydroxyl groups excluding tert-OH is 1. The van der Waals surface area contributed by atoms with Crippen molar-refractivity contribution >= 4 is 23.1 Å². The molecule has 0 spiro atoms. The normalized spacial score (nSPS) is 18.3. The van der Waals surface area contributed by atoms with Crippen molar-refractivity contribution in [1.82, 2.24) is 0 Å². The molecule has 0 saturated carbocycles. The average molecular weight is 383 g/mol. The van der Waals surface area contributed by atoms with Gasteiger partial charge in [-0.05, 0) is 31.5 Å². The van der Waals surface area contributed by atoms with Crippen LogP contribution in [-0.4, -0.2) is 16.8 Å². The molecule has 0 bridgehead atoms. The monoisotopic (exact) mass is 383 g/mol. The Bertz CT molecular complexity index is 1100. The summed E-state index contributed by atoms with van der Waals surface area (Å²) < 4.78 is 0. The molecule has 4 heteroatoms. The number of aliphatic hydroxyl groups is 1. The Kier molecular flexibility index (Phi) is 4.77. The molecule has 1 unspecified atom stereocenters. The van der Waals surface area contributed by atoms with Gasteiger partial charge in [0.05, 0.1) is 11.6 Å². The highest BCUT2D eigenvalue weighted by molar-refractivity contribution is 6.51. The maximum Gasteiger partial charge on any atom is 0.300 e. The number of para-hydroxylation sites is 1. The Balaban J connectivity index is 1.94. The lowest BCUT2D eigenvalue weighted by Crippen LogP contribution is -2.29. The Labute approximate surface area is 169 Å². The van der Waals surface area contributed by atoms with Crippen LogP contribution in [-0.2, 0) is 9.59 Å². The molecule has 1 amide bonds. The highest BCUT2D eigenvalue weighted by Crippen LogP contribution is 2.42. The fraction of sp³-hybridized carbons (Fsp3) is 0.120. The molecule has 1 aliphatic rings. The summed E-state index contributed by atoms with van der Waals surface area (Å²) in [5, 5.41) is 11.0. The minimum atomic E-state index is -0.695. The van der Waals surface area contributed by atoms with Crippen LogP contribution in [0.1, 0.15) is 28.3 Å². The van der Waals surface area contributed by atoms with E-state index in [4.69, 9.17) is 0 Å². The van der Waals surface area contributed by atoms with E-state index in [1.807, 2.05) is 68.4 Å². The summed E-state index contributed by atoms with van der Waals surface area (Å²) in [6, 6.07) is 23.3. The lowest BCUT2D eigenvalue weighted by Gasteiger charge is -2.25. The van der Waals surface area contributed by atoms with Crippen molar-refractivity contribution in [3.63, 3.8) is 0 Å². The van der Waals surface area contributed by atoms with E-state index >= 15 is 0 Å². The van der Waals surface area contributed by atoms with Gasteiger partial charge < -0.3 is 5.11 Å². The van der Waals surface area contributed by atoms with E-state index in [1.165, 1.54) is 4.90 Å². The minimum absolute atomic E-state index is 0.103. The Morgan fingerprint density at radius 1 is 0.793 bits per heavy atom. The number of ketones is 1. The highest BCUT2D eigenvalue weighted by atomic mass is 16.3. The molecule has 29 heavy (non-hydrogen) atoms. The lowest BCUT2D eigenvalue weighted by atomic mass is 9.94. The van der Waals surface area contributed by atoms with Crippen LogP contribution in [0.4, 0.5) is 5.69 Å². The summed E-state index contributed by atoms with van der Waals surface area (Å²) in [5.74, 6) is -1.49. The van der Waals surface area contributed by atoms with Gasteiger partial charge in [-0.15, -0.1) is 0 Å². The zero-order valence-corrected chi connectivity index (χ0v) is 16.3. The Morgan fingerprint density at radius 2 is 1.34 bits per heavy atom. The fourth-order valence-electron chi connectivity index (χ4n) is 3.62. The third kappa shape index (κ3) is 3.34. The van der Waals surface area contributed by atoms with Gasteiger partial charge in [0, 0.05) is 11.3 Å². The summed E-state index contributed by atoms with van der Waals surface area (Å²) >= 11 is 0. The molecule has 4 nitrogen and oxygen atoms in total. The molecule has 0 aromatic heterocycles. The number of anilines is 1. The van der Waals surface area contributed by atoms with E-state index < -0.39 is 17.7 Å². The number of nitrogens with zero attached hydrogens (tertiary/aromatic N) is 1. The second-order valence-corrected chi connectivity index (χ2v) is 7.28. The maximum absolute atomic E-state index is 13.0. The predicted molar refractivity (Wildman–Crippen MR) is 114 cm³/mol. The molecule has 1 heterocycles. The van der Waals surface area contributed by atoms with Crippen molar-refractivity contribution in [3.05, 3.63) is 107 Å². The molecule has 1 N–H and O–H groups in total. The van der Waals surface area contributed by atoms with Gasteiger partial charge in [0.1, 0.15) is 5.76 Å².